The van der Waals surface area contributed by atoms with Crippen molar-refractivity contribution >= 4 is 54.3 Å². The first-order valence-electron chi connectivity index (χ1n) is 8.71. The van der Waals surface area contributed by atoms with Gasteiger partial charge in [0.25, 0.3) is 0 Å². The third-order valence-corrected chi connectivity index (χ3v) is 6.39. The van der Waals surface area contributed by atoms with Crippen LogP contribution in [-0.4, -0.2) is 32.8 Å². The highest BCUT2D eigenvalue weighted by Gasteiger charge is 2.26. The maximum Gasteiger partial charge on any atom is 0.327 e. The van der Waals surface area contributed by atoms with Crippen molar-refractivity contribution in [1.29, 1.82) is 0 Å². The summed E-state index contributed by atoms with van der Waals surface area (Å²) in [7, 11) is -2.51. The lowest BCUT2D eigenvalue weighted by Gasteiger charge is -2.31. The zero-order chi connectivity index (χ0) is 19.8. The molecule has 3 aromatic rings. The molecule has 4 rings (SSSR count). The third-order valence-electron chi connectivity index (χ3n) is 4.98. The van der Waals surface area contributed by atoms with Crippen LogP contribution in [0, 0.1) is 0 Å². The number of nitrogens with one attached hydrogen (secondary N) is 1. The van der Waals surface area contributed by atoms with Gasteiger partial charge in [0.15, 0.2) is 0 Å². The molecule has 9 heteroatoms. The van der Waals surface area contributed by atoms with Crippen molar-refractivity contribution in [1.82, 2.24) is 9.88 Å². The Labute approximate surface area is 178 Å². The van der Waals surface area contributed by atoms with Crippen LogP contribution in [0.4, 0.5) is 0 Å². The summed E-state index contributed by atoms with van der Waals surface area (Å²) in [6, 6.07) is 11.0. The quantitative estimate of drug-likeness (QED) is 0.444. The average molecular weight is 460 g/mol. The zero-order valence-electron chi connectivity index (χ0n) is 14.7. The molecule has 148 valence electrons. The van der Waals surface area contributed by atoms with Crippen LogP contribution in [0.15, 0.2) is 36.4 Å². The molecular formula is C19H18Cl3N2O3P. The molecule has 0 aliphatic carbocycles. The molecular weight excluding hydrogens is 442 g/mol. The molecule has 5 nitrogen and oxygen atoms in total. The minimum atomic E-state index is -2.51. The molecule has 2 heterocycles. The van der Waals surface area contributed by atoms with E-state index in [2.05, 4.69) is 9.88 Å². The number of rotatable bonds is 5. The number of hydrogen-bond acceptors (Lipinski definition) is 4. The lowest BCUT2D eigenvalue weighted by atomic mass is 10.0. The second-order valence-electron chi connectivity index (χ2n) is 6.78. The molecule has 28 heavy (non-hydrogen) atoms. The topological polar surface area (TPSA) is 68.7 Å². The number of benzene rings is 2. The third kappa shape index (κ3) is 4.33. The van der Waals surface area contributed by atoms with E-state index in [1.165, 1.54) is 5.56 Å². The summed E-state index contributed by atoms with van der Waals surface area (Å²) in [5.41, 5.74) is 4.25. The van der Waals surface area contributed by atoms with E-state index in [4.69, 9.17) is 39.3 Å². The highest BCUT2D eigenvalue weighted by atomic mass is 35.5. The smallest absolute Gasteiger partial charge is 0.327 e. The summed E-state index contributed by atoms with van der Waals surface area (Å²) < 4.78 is 5.40. The highest BCUT2D eigenvalue weighted by Crippen LogP contribution is 2.38. The molecule has 1 unspecified atom stereocenters. The van der Waals surface area contributed by atoms with Gasteiger partial charge >= 0.3 is 8.60 Å². The van der Waals surface area contributed by atoms with Crippen LogP contribution in [0.5, 0.6) is 0 Å². The Morgan fingerprint density at radius 2 is 1.93 bits per heavy atom. The number of fused-ring (bicyclic) bond motifs is 3. The van der Waals surface area contributed by atoms with Gasteiger partial charge in [-0.25, -0.2) is 0 Å². The fourth-order valence-electron chi connectivity index (χ4n) is 3.69. The monoisotopic (exact) mass is 458 g/mol. The maximum absolute atomic E-state index is 9.42. The van der Waals surface area contributed by atoms with E-state index in [9.17, 15) is 9.79 Å². The van der Waals surface area contributed by atoms with Crippen molar-refractivity contribution in [2.45, 2.75) is 19.1 Å². The van der Waals surface area contributed by atoms with Crippen molar-refractivity contribution in [2.75, 3.05) is 13.1 Å². The number of nitrogens with zero attached hydrogens (tertiary/aromatic N) is 1. The minimum absolute atomic E-state index is 0.404. The predicted molar refractivity (Wildman–Crippen MR) is 114 cm³/mol. The van der Waals surface area contributed by atoms with E-state index in [-0.39, 0.29) is 0 Å². The molecule has 2 aromatic carbocycles. The second-order valence-corrected chi connectivity index (χ2v) is 8.74. The van der Waals surface area contributed by atoms with Gasteiger partial charge in [0.05, 0.1) is 10.0 Å². The van der Waals surface area contributed by atoms with Gasteiger partial charge in [0, 0.05) is 41.3 Å². The summed E-state index contributed by atoms with van der Waals surface area (Å²) >= 11 is 18.3. The maximum atomic E-state index is 9.42. The molecule has 0 amide bonds. The summed E-state index contributed by atoms with van der Waals surface area (Å²) in [6.45, 7) is 2.02. The number of hydrogen-bond donors (Lipinski definition) is 3. The number of halogens is 3. The Morgan fingerprint density at radius 1 is 1.11 bits per heavy atom. The van der Waals surface area contributed by atoms with E-state index < -0.39 is 14.7 Å². The first-order chi connectivity index (χ1) is 13.4. The molecule has 1 aromatic heterocycles. The number of aromatic nitrogens is 1. The first kappa shape index (κ1) is 20.4. The van der Waals surface area contributed by atoms with Gasteiger partial charge in [0.1, 0.15) is 6.10 Å². The van der Waals surface area contributed by atoms with Gasteiger partial charge in [-0.1, -0.05) is 40.9 Å². The summed E-state index contributed by atoms with van der Waals surface area (Å²) in [5, 5.41) is 2.73. The van der Waals surface area contributed by atoms with Crippen LogP contribution < -0.4 is 0 Å². The number of aromatic amines is 1. The van der Waals surface area contributed by atoms with E-state index in [0.29, 0.717) is 23.1 Å². The van der Waals surface area contributed by atoms with Gasteiger partial charge in [-0.3, -0.25) is 4.90 Å². The largest absolute Gasteiger partial charge is 0.357 e. The van der Waals surface area contributed by atoms with Crippen molar-refractivity contribution in [2.24, 2.45) is 0 Å². The lowest BCUT2D eigenvalue weighted by Crippen LogP contribution is -2.34. The first-order valence-corrected chi connectivity index (χ1v) is 11.0. The fraction of sp³-hybridized carbons (Fsp3) is 0.263. The zero-order valence-corrected chi connectivity index (χ0v) is 17.9. The van der Waals surface area contributed by atoms with Crippen LogP contribution in [0.3, 0.4) is 0 Å². The SMILES string of the molecule is OP(O)OC(CN1CCc2c([nH]c3ccc(Cl)cc23)C1)c1ccc(Cl)c(Cl)c1. The van der Waals surface area contributed by atoms with Gasteiger partial charge in [-0.05, 0) is 47.9 Å². The van der Waals surface area contributed by atoms with E-state index in [1.807, 2.05) is 18.2 Å². The molecule has 0 spiro atoms. The summed E-state index contributed by atoms with van der Waals surface area (Å²) in [6.07, 6.45) is 0.341. The van der Waals surface area contributed by atoms with Crippen LogP contribution in [0.25, 0.3) is 10.9 Å². The van der Waals surface area contributed by atoms with E-state index in [1.54, 1.807) is 18.2 Å². The molecule has 0 bridgehead atoms. The molecule has 0 radical (unpaired) electrons. The van der Waals surface area contributed by atoms with Gasteiger partial charge in [-0.15, -0.1) is 0 Å². The Hall–Kier alpha value is -0.880. The van der Waals surface area contributed by atoms with E-state index >= 15 is 0 Å². The van der Waals surface area contributed by atoms with Crippen molar-refractivity contribution in [3.05, 3.63) is 68.3 Å². The van der Waals surface area contributed by atoms with Gasteiger partial charge < -0.3 is 19.3 Å². The Balaban J connectivity index is 1.56. The predicted octanol–water partition coefficient (Wildman–Crippen LogP) is 5.46. The van der Waals surface area contributed by atoms with Crippen LogP contribution in [-0.2, 0) is 17.5 Å². The van der Waals surface area contributed by atoms with Crippen LogP contribution in [0.1, 0.15) is 22.9 Å². The molecule has 1 aliphatic rings. The molecule has 0 saturated heterocycles. The molecule has 0 saturated carbocycles. The van der Waals surface area contributed by atoms with Crippen molar-refractivity contribution in [3.8, 4) is 0 Å². The molecule has 0 fully saturated rings. The highest BCUT2D eigenvalue weighted by molar-refractivity contribution is 7.39. The van der Waals surface area contributed by atoms with Crippen LogP contribution >= 0.6 is 43.4 Å². The Kier molecular flexibility index (Phi) is 6.17. The Morgan fingerprint density at radius 3 is 2.68 bits per heavy atom. The fourth-order valence-corrected chi connectivity index (χ4v) is 4.58. The molecule has 3 N–H and O–H groups in total. The van der Waals surface area contributed by atoms with E-state index in [0.717, 1.165) is 40.1 Å². The molecule has 1 atom stereocenters. The normalized spacial score (nSPS) is 15.9. The standard InChI is InChI=1S/C19H18Cl3N2O3P/c20-12-2-4-17-14(8-12)13-5-6-24(9-18(13)23-17)10-19(27-28(25)26)11-1-3-15(21)16(22)7-11/h1-4,7-8,19,23,25-26H,5-6,9-10H2. The molecule has 1 aliphatic heterocycles. The van der Waals surface area contributed by atoms with Gasteiger partial charge in [0.2, 0.25) is 0 Å². The van der Waals surface area contributed by atoms with Gasteiger partial charge in [-0.2, -0.15) is 0 Å². The second kappa shape index (κ2) is 8.47. The van der Waals surface area contributed by atoms with Crippen molar-refractivity contribution < 1.29 is 14.3 Å². The summed E-state index contributed by atoms with van der Waals surface area (Å²) in [4.78, 5) is 24.5. The minimum Gasteiger partial charge on any atom is -0.357 e. The summed E-state index contributed by atoms with van der Waals surface area (Å²) in [5.74, 6) is 0. The average Bonchev–Trinajstić information content (AvgIpc) is 3.00. The Bertz CT molecular complexity index is 1010. The van der Waals surface area contributed by atoms with Crippen LogP contribution in [0.2, 0.25) is 15.1 Å². The lowest BCUT2D eigenvalue weighted by molar-refractivity contribution is 0.110. The number of H-pyrrole nitrogens is 1. The van der Waals surface area contributed by atoms with Crippen molar-refractivity contribution in [3.63, 3.8) is 0 Å².